The van der Waals surface area contributed by atoms with E-state index in [1.54, 1.807) is 24.3 Å². The standard InChI is InChI=1S/C25H25F3N2O5S/c1-18-6-10-21(11-7-18)29-24(31)30(14-15-34-2)17-19-8-12-22(13-9-19)35-36(32,33)23-5-3-4-20(16-23)25(26,27)28/h3-13,16H,14-15,17H2,1-2H3,(H,29,31). The van der Waals surface area contributed by atoms with E-state index in [2.05, 4.69) is 5.32 Å². The van der Waals surface area contributed by atoms with Gasteiger partial charge in [0.15, 0.2) is 0 Å². The van der Waals surface area contributed by atoms with Crippen molar-refractivity contribution < 1.29 is 35.3 Å². The normalized spacial score (nSPS) is 11.7. The molecule has 0 aliphatic rings. The van der Waals surface area contributed by atoms with E-state index in [1.807, 2.05) is 19.1 Å². The Bertz CT molecular complexity index is 1280. The van der Waals surface area contributed by atoms with E-state index < -0.39 is 26.8 Å². The SMILES string of the molecule is COCCN(Cc1ccc(OS(=O)(=O)c2cccc(C(F)(F)F)c2)cc1)C(=O)Nc1ccc(C)cc1. The molecule has 0 heterocycles. The number of carbonyl (C=O) groups excluding carboxylic acids is 1. The lowest BCUT2D eigenvalue weighted by molar-refractivity contribution is -0.137. The summed E-state index contributed by atoms with van der Waals surface area (Å²) in [5.74, 6) is -0.0799. The van der Waals surface area contributed by atoms with Gasteiger partial charge in [0, 0.05) is 25.9 Å². The molecule has 0 bridgehead atoms. The molecule has 0 atom stereocenters. The zero-order chi connectivity index (χ0) is 26.3. The van der Waals surface area contributed by atoms with Crippen LogP contribution >= 0.6 is 0 Å². The van der Waals surface area contributed by atoms with Gasteiger partial charge in [0.2, 0.25) is 0 Å². The molecule has 0 spiro atoms. The highest BCUT2D eigenvalue weighted by Gasteiger charge is 2.32. The fourth-order valence-electron chi connectivity index (χ4n) is 3.17. The number of benzene rings is 3. The molecule has 3 aromatic carbocycles. The third kappa shape index (κ3) is 7.46. The van der Waals surface area contributed by atoms with Crippen molar-refractivity contribution >= 4 is 21.8 Å². The minimum Gasteiger partial charge on any atom is -0.383 e. The fourth-order valence-corrected chi connectivity index (χ4v) is 4.14. The van der Waals surface area contributed by atoms with Crippen molar-refractivity contribution in [3.05, 3.63) is 89.5 Å². The van der Waals surface area contributed by atoms with E-state index >= 15 is 0 Å². The van der Waals surface area contributed by atoms with Crippen LogP contribution in [0.5, 0.6) is 5.75 Å². The number of hydrogen-bond donors (Lipinski definition) is 1. The van der Waals surface area contributed by atoms with Crippen molar-refractivity contribution in [3.8, 4) is 5.75 Å². The second kappa shape index (κ2) is 11.4. The first kappa shape index (κ1) is 27.0. The summed E-state index contributed by atoms with van der Waals surface area (Å²) >= 11 is 0. The number of halogens is 3. The fraction of sp³-hybridized carbons (Fsp3) is 0.240. The lowest BCUT2D eigenvalue weighted by atomic mass is 10.2. The number of aryl methyl sites for hydroxylation is 1. The zero-order valence-electron chi connectivity index (χ0n) is 19.6. The van der Waals surface area contributed by atoms with Crippen molar-refractivity contribution in [1.29, 1.82) is 0 Å². The van der Waals surface area contributed by atoms with Crippen molar-refractivity contribution in [3.63, 3.8) is 0 Å². The predicted octanol–water partition coefficient (Wildman–Crippen LogP) is 5.46. The van der Waals surface area contributed by atoms with Gasteiger partial charge in [-0.05, 0) is 55.0 Å². The van der Waals surface area contributed by atoms with Gasteiger partial charge in [0.05, 0.1) is 12.2 Å². The van der Waals surface area contributed by atoms with E-state index in [1.165, 1.54) is 24.1 Å². The Kier molecular flexibility index (Phi) is 8.59. The molecule has 0 aromatic heterocycles. The summed E-state index contributed by atoms with van der Waals surface area (Å²) in [5, 5.41) is 2.82. The van der Waals surface area contributed by atoms with Crippen LogP contribution in [-0.4, -0.2) is 39.6 Å². The molecular weight excluding hydrogens is 497 g/mol. The van der Waals surface area contributed by atoms with Gasteiger partial charge in [-0.25, -0.2) is 4.79 Å². The van der Waals surface area contributed by atoms with Crippen molar-refractivity contribution in [1.82, 2.24) is 4.90 Å². The Morgan fingerprint density at radius 3 is 2.28 bits per heavy atom. The van der Waals surface area contributed by atoms with E-state index in [9.17, 15) is 26.4 Å². The van der Waals surface area contributed by atoms with Crippen LogP contribution in [0.25, 0.3) is 0 Å². The zero-order valence-corrected chi connectivity index (χ0v) is 20.4. The highest BCUT2D eigenvalue weighted by atomic mass is 32.2. The first-order chi connectivity index (χ1) is 17.0. The quantitative estimate of drug-likeness (QED) is 0.377. The third-order valence-corrected chi connectivity index (χ3v) is 6.35. The number of alkyl halides is 3. The average molecular weight is 523 g/mol. The van der Waals surface area contributed by atoms with Crippen LogP contribution in [-0.2, 0) is 27.6 Å². The Morgan fingerprint density at radius 1 is 1.00 bits per heavy atom. The maximum atomic E-state index is 12.9. The molecule has 192 valence electrons. The van der Waals surface area contributed by atoms with Crippen molar-refractivity contribution in [2.75, 3.05) is 25.6 Å². The van der Waals surface area contributed by atoms with Crippen LogP contribution in [0.15, 0.2) is 77.7 Å². The Labute approximate surface area is 207 Å². The summed E-state index contributed by atoms with van der Waals surface area (Å²) in [5.41, 5.74) is 1.27. The molecule has 3 aromatic rings. The van der Waals surface area contributed by atoms with Crippen molar-refractivity contribution in [2.24, 2.45) is 0 Å². The molecule has 0 saturated carbocycles. The maximum absolute atomic E-state index is 12.9. The van der Waals surface area contributed by atoms with Gasteiger partial charge in [-0.3, -0.25) is 0 Å². The molecule has 2 amide bonds. The summed E-state index contributed by atoms with van der Waals surface area (Å²) in [6.45, 7) is 2.74. The average Bonchev–Trinajstić information content (AvgIpc) is 2.83. The Hall–Kier alpha value is -3.57. The lowest BCUT2D eigenvalue weighted by Crippen LogP contribution is -2.36. The van der Waals surface area contributed by atoms with Crippen LogP contribution < -0.4 is 9.50 Å². The van der Waals surface area contributed by atoms with E-state index in [-0.39, 0.29) is 18.3 Å². The van der Waals surface area contributed by atoms with Gasteiger partial charge in [-0.15, -0.1) is 0 Å². The van der Waals surface area contributed by atoms with Gasteiger partial charge in [-0.1, -0.05) is 35.9 Å². The number of hydrogen-bond acceptors (Lipinski definition) is 5. The van der Waals surface area contributed by atoms with Crippen molar-refractivity contribution in [2.45, 2.75) is 24.5 Å². The van der Waals surface area contributed by atoms with E-state index in [4.69, 9.17) is 8.92 Å². The summed E-state index contributed by atoms with van der Waals surface area (Å²) in [7, 11) is -2.97. The van der Waals surface area contributed by atoms with Crippen LogP contribution in [0.3, 0.4) is 0 Å². The second-order valence-corrected chi connectivity index (χ2v) is 9.46. The molecule has 0 radical (unpaired) electrons. The maximum Gasteiger partial charge on any atom is 0.416 e. The first-order valence-electron chi connectivity index (χ1n) is 10.8. The van der Waals surface area contributed by atoms with Gasteiger partial charge in [-0.2, -0.15) is 21.6 Å². The molecule has 0 fully saturated rings. The van der Waals surface area contributed by atoms with E-state index in [0.717, 1.165) is 23.8 Å². The number of ether oxygens (including phenoxy) is 1. The Morgan fingerprint density at radius 2 is 1.67 bits per heavy atom. The minimum absolute atomic E-state index is 0.0799. The molecule has 0 aliphatic carbocycles. The molecule has 36 heavy (non-hydrogen) atoms. The highest BCUT2D eigenvalue weighted by molar-refractivity contribution is 7.87. The highest BCUT2D eigenvalue weighted by Crippen LogP contribution is 2.31. The second-order valence-electron chi connectivity index (χ2n) is 7.92. The van der Waals surface area contributed by atoms with Crippen LogP contribution in [0.1, 0.15) is 16.7 Å². The molecule has 0 unspecified atom stereocenters. The number of nitrogens with one attached hydrogen (secondary N) is 1. The summed E-state index contributed by atoms with van der Waals surface area (Å²) in [6.07, 6.45) is -4.69. The third-order valence-electron chi connectivity index (χ3n) is 5.11. The summed E-state index contributed by atoms with van der Waals surface area (Å²) < 4.78 is 73.8. The molecule has 0 aliphatic heterocycles. The number of carbonyl (C=O) groups is 1. The number of rotatable bonds is 9. The number of urea groups is 1. The summed E-state index contributed by atoms with van der Waals surface area (Å²) in [6, 6.07) is 16.2. The minimum atomic E-state index is -4.69. The van der Waals surface area contributed by atoms with Gasteiger partial charge >= 0.3 is 22.3 Å². The first-order valence-corrected chi connectivity index (χ1v) is 12.2. The number of anilines is 1. The lowest BCUT2D eigenvalue weighted by Gasteiger charge is -2.23. The van der Waals surface area contributed by atoms with Gasteiger partial charge in [0.25, 0.3) is 0 Å². The molecule has 0 saturated heterocycles. The molecule has 7 nitrogen and oxygen atoms in total. The number of methoxy groups -OCH3 is 1. The van der Waals surface area contributed by atoms with Gasteiger partial charge < -0.3 is 19.1 Å². The van der Waals surface area contributed by atoms with Crippen LogP contribution in [0, 0.1) is 6.92 Å². The number of nitrogens with zero attached hydrogens (tertiary/aromatic N) is 1. The molecule has 3 rings (SSSR count). The van der Waals surface area contributed by atoms with Gasteiger partial charge in [0.1, 0.15) is 10.6 Å². The largest absolute Gasteiger partial charge is 0.416 e. The van der Waals surface area contributed by atoms with Crippen LogP contribution in [0.4, 0.5) is 23.7 Å². The van der Waals surface area contributed by atoms with E-state index in [0.29, 0.717) is 30.5 Å². The monoisotopic (exact) mass is 522 g/mol. The molecule has 11 heteroatoms. The predicted molar refractivity (Wildman–Crippen MR) is 128 cm³/mol. The molecule has 1 N–H and O–H groups in total. The Balaban J connectivity index is 1.70. The number of amides is 2. The topological polar surface area (TPSA) is 84.9 Å². The van der Waals surface area contributed by atoms with Crippen LogP contribution in [0.2, 0.25) is 0 Å². The summed E-state index contributed by atoms with van der Waals surface area (Å²) in [4.78, 5) is 13.7. The molecular formula is C25H25F3N2O5S. The smallest absolute Gasteiger partial charge is 0.383 e.